The van der Waals surface area contributed by atoms with E-state index in [1.54, 1.807) is 12.1 Å². The molecule has 1 N–H and O–H groups in total. The maximum absolute atomic E-state index is 13.6. The van der Waals surface area contributed by atoms with Gasteiger partial charge in [-0.1, -0.05) is 12.1 Å². The van der Waals surface area contributed by atoms with Crippen molar-refractivity contribution in [3.05, 3.63) is 47.5 Å². The molecule has 2 heterocycles. The second-order valence-corrected chi connectivity index (χ2v) is 6.24. The fourth-order valence-corrected chi connectivity index (χ4v) is 2.94. The highest BCUT2D eigenvalue weighted by atomic mass is 19.1. The SMILES string of the molecule is Cc1nc(OCCNC(=O)c2ccccc2F)cc(N2CCCCC2)n1. The van der Waals surface area contributed by atoms with Crippen LogP contribution in [-0.2, 0) is 0 Å². The van der Waals surface area contributed by atoms with Crippen molar-refractivity contribution in [2.24, 2.45) is 0 Å². The summed E-state index contributed by atoms with van der Waals surface area (Å²) in [6.07, 6.45) is 3.59. The smallest absolute Gasteiger partial charge is 0.254 e. The van der Waals surface area contributed by atoms with Crippen LogP contribution in [-0.4, -0.2) is 42.1 Å². The van der Waals surface area contributed by atoms with Crippen LogP contribution < -0.4 is 15.0 Å². The van der Waals surface area contributed by atoms with Crippen LogP contribution in [0.4, 0.5) is 10.2 Å². The summed E-state index contributed by atoms with van der Waals surface area (Å²) in [5, 5.41) is 2.64. The molecule has 0 saturated carbocycles. The van der Waals surface area contributed by atoms with Crippen LogP contribution in [0.5, 0.6) is 5.88 Å². The second-order valence-electron chi connectivity index (χ2n) is 6.24. The van der Waals surface area contributed by atoms with E-state index in [0.717, 1.165) is 18.9 Å². The van der Waals surface area contributed by atoms with Crippen LogP contribution in [0.3, 0.4) is 0 Å². The molecule has 0 bridgehead atoms. The maximum atomic E-state index is 13.6. The zero-order chi connectivity index (χ0) is 18.4. The molecule has 0 radical (unpaired) electrons. The van der Waals surface area contributed by atoms with E-state index in [1.165, 1.54) is 31.4 Å². The van der Waals surface area contributed by atoms with Gasteiger partial charge in [-0.05, 0) is 38.3 Å². The molecule has 1 amide bonds. The number of aromatic nitrogens is 2. The van der Waals surface area contributed by atoms with Crippen molar-refractivity contribution in [3.8, 4) is 5.88 Å². The van der Waals surface area contributed by atoms with Crippen LogP contribution in [0, 0.1) is 12.7 Å². The van der Waals surface area contributed by atoms with E-state index in [2.05, 4.69) is 20.2 Å². The molecule has 1 aromatic heterocycles. The third-order valence-corrected chi connectivity index (χ3v) is 4.24. The first-order valence-corrected chi connectivity index (χ1v) is 8.89. The number of halogens is 1. The molecule has 138 valence electrons. The van der Waals surface area contributed by atoms with Crippen molar-refractivity contribution in [1.82, 2.24) is 15.3 Å². The number of hydrogen-bond donors (Lipinski definition) is 1. The Kier molecular flexibility index (Phi) is 5.99. The molecule has 0 aliphatic carbocycles. The highest BCUT2D eigenvalue weighted by Gasteiger charge is 2.14. The molecule has 1 aromatic carbocycles. The van der Waals surface area contributed by atoms with E-state index < -0.39 is 11.7 Å². The number of benzene rings is 1. The number of aryl methyl sites for hydroxylation is 1. The minimum atomic E-state index is -0.538. The Morgan fingerprint density at radius 3 is 2.77 bits per heavy atom. The standard InChI is InChI=1S/C19H23FN4O2/c1-14-22-17(24-10-5-2-6-11-24)13-18(23-14)26-12-9-21-19(25)15-7-3-4-8-16(15)20/h3-4,7-8,13H,2,5-6,9-12H2,1H3,(H,21,25). The Hall–Kier alpha value is -2.70. The van der Waals surface area contributed by atoms with Gasteiger partial charge in [-0.25, -0.2) is 9.37 Å². The summed E-state index contributed by atoms with van der Waals surface area (Å²) in [6.45, 7) is 4.33. The Balaban J connectivity index is 1.52. The summed E-state index contributed by atoms with van der Waals surface area (Å²) >= 11 is 0. The third kappa shape index (κ3) is 4.68. The van der Waals surface area contributed by atoms with Gasteiger partial charge in [0.2, 0.25) is 5.88 Å². The third-order valence-electron chi connectivity index (χ3n) is 4.24. The number of ether oxygens (including phenoxy) is 1. The number of carbonyl (C=O) groups is 1. The predicted octanol–water partition coefficient (Wildman–Crippen LogP) is 2.72. The summed E-state index contributed by atoms with van der Waals surface area (Å²) in [5.74, 6) is 1.02. The van der Waals surface area contributed by atoms with Crippen LogP contribution in [0.25, 0.3) is 0 Å². The van der Waals surface area contributed by atoms with Crippen LogP contribution in [0.15, 0.2) is 30.3 Å². The second kappa shape index (κ2) is 8.60. The van der Waals surface area contributed by atoms with Crippen molar-refractivity contribution in [3.63, 3.8) is 0 Å². The number of piperidine rings is 1. The maximum Gasteiger partial charge on any atom is 0.254 e. The van der Waals surface area contributed by atoms with Gasteiger partial charge < -0.3 is 15.0 Å². The van der Waals surface area contributed by atoms with Crippen molar-refractivity contribution < 1.29 is 13.9 Å². The van der Waals surface area contributed by atoms with Gasteiger partial charge in [-0.2, -0.15) is 4.98 Å². The number of hydrogen-bond acceptors (Lipinski definition) is 5. The quantitative estimate of drug-likeness (QED) is 0.804. The molecule has 1 aliphatic heterocycles. The largest absolute Gasteiger partial charge is 0.476 e. The van der Waals surface area contributed by atoms with Crippen molar-refractivity contribution in [2.75, 3.05) is 31.1 Å². The first kappa shape index (κ1) is 18.1. The molecule has 26 heavy (non-hydrogen) atoms. The Morgan fingerprint density at radius 1 is 1.23 bits per heavy atom. The van der Waals surface area contributed by atoms with Crippen LogP contribution >= 0.6 is 0 Å². The molecule has 1 fully saturated rings. The van der Waals surface area contributed by atoms with E-state index in [1.807, 2.05) is 13.0 Å². The Bertz CT molecular complexity index is 763. The Labute approximate surface area is 152 Å². The van der Waals surface area contributed by atoms with Gasteiger partial charge >= 0.3 is 0 Å². The summed E-state index contributed by atoms with van der Waals surface area (Å²) in [6, 6.07) is 7.71. The van der Waals surface area contributed by atoms with E-state index in [9.17, 15) is 9.18 Å². The number of nitrogens with one attached hydrogen (secondary N) is 1. The summed E-state index contributed by atoms with van der Waals surface area (Å²) in [5.41, 5.74) is 0.0257. The predicted molar refractivity (Wildman–Crippen MR) is 97.1 cm³/mol. The lowest BCUT2D eigenvalue weighted by molar-refractivity contribution is 0.0942. The number of carbonyl (C=O) groups excluding carboxylic acids is 1. The fourth-order valence-electron chi connectivity index (χ4n) is 2.94. The minimum Gasteiger partial charge on any atom is -0.476 e. The highest BCUT2D eigenvalue weighted by molar-refractivity contribution is 5.94. The number of nitrogens with zero attached hydrogens (tertiary/aromatic N) is 3. The van der Waals surface area contributed by atoms with Crippen molar-refractivity contribution >= 4 is 11.7 Å². The number of rotatable bonds is 6. The molecule has 3 rings (SSSR count). The molecule has 0 atom stereocenters. The zero-order valence-electron chi connectivity index (χ0n) is 14.9. The van der Waals surface area contributed by atoms with Gasteiger partial charge in [-0.15, -0.1) is 0 Å². The van der Waals surface area contributed by atoms with E-state index >= 15 is 0 Å². The fraction of sp³-hybridized carbons (Fsp3) is 0.421. The minimum absolute atomic E-state index is 0.0257. The summed E-state index contributed by atoms with van der Waals surface area (Å²) in [4.78, 5) is 23.0. The molecule has 7 heteroatoms. The molecule has 6 nitrogen and oxygen atoms in total. The monoisotopic (exact) mass is 358 g/mol. The van der Waals surface area contributed by atoms with Gasteiger partial charge in [0.1, 0.15) is 24.1 Å². The van der Waals surface area contributed by atoms with Crippen LogP contribution in [0.1, 0.15) is 35.4 Å². The van der Waals surface area contributed by atoms with E-state index in [-0.39, 0.29) is 18.7 Å². The average molecular weight is 358 g/mol. The molecular weight excluding hydrogens is 335 g/mol. The zero-order valence-corrected chi connectivity index (χ0v) is 14.9. The number of amides is 1. The van der Waals surface area contributed by atoms with Gasteiger partial charge in [0.25, 0.3) is 5.91 Å². The number of anilines is 1. The van der Waals surface area contributed by atoms with Gasteiger partial charge in [0.05, 0.1) is 12.1 Å². The normalized spacial score (nSPS) is 14.2. The lowest BCUT2D eigenvalue weighted by atomic mass is 10.1. The molecule has 1 saturated heterocycles. The van der Waals surface area contributed by atoms with Gasteiger partial charge in [0.15, 0.2) is 0 Å². The van der Waals surface area contributed by atoms with E-state index in [0.29, 0.717) is 11.7 Å². The lowest BCUT2D eigenvalue weighted by Gasteiger charge is -2.28. The van der Waals surface area contributed by atoms with E-state index in [4.69, 9.17) is 4.74 Å². The van der Waals surface area contributed by atoms with Crippen molar-refractivity contribution in [1.29, 1.82) is 0 Å². The first-order valence-electron chi connectivity index (χ1n) is 8.89. The van der Waals surface area contributed by atoms with Crippen molar-refractivity contribution in [2.45, 2.75) is 26.2 Å². The molecular formula is C19H23FN4O2. The molecule has 0 spiro atoms. The van der Waals surface area contributed by atoms with Crippen LogP contribution in [0.2, 0.25) is 0 Å². The first-order chi connectivity index (χ1) is 12.6. The molecule has 0 unspecified atom stereocenters. The Morgan fingerprint density at radius 2 is 2.00 bits per heavy atom. The highest BCUT2D eigenvalue weighted by Crippen LogP contribution is 2.21. The molecule has 1 aliphatic rings. The molecule has 2 aromatic rings. The average Bonchev–Trinajstić information content (AvgIpc) is 2.66. The topological polar surface area (TPSA) is 67.3 Å². The lowest BCUT2D eigenvalue weighted by Crippen LogP contribution is -2.30. The van der Waals surface area contributed by atoms with Gasteiger partial charge in [-0.3, -0.25) is 4.79 Å². The summed E-state index contributed by atoms with van der Waals surface area (Å²) < 4.78 is 19.2. The van der Waals surface area contributed by atoms with Gasteiger partial charge in [0, 0.05) is 19.2 Å². The summed E-state index contributed by atoms with van der Waals surface area (Å²) in [7, 11) is 0.